The molecule has 24 heavy (non-hydrogen) atoms. The number of hydrogen-bond acceptors (Lipinski definition) is 3. The first-order valence-corrected chi connectivity index (χ1v) is 9.16. The second-order valence-corrected chi connectivity index (χ2v) is 6.86. The third-order valence-electron chi connectivity index (χ3n) is 3.34. The van der Waals surface area contributed by atoms with Gasteiger partial charge in [0.05, 0.1) is 9.79 Å². The Morgan fingerprint density at radius 3 is 2.12 bits per heavy atom. The molecule has 1 amide bonds. The highest BCUT2D eigenvalue weighted by Crippen LogP contribution is 2.24. The Balaban J connectivity index is 0.00000139. The summed E-state index contributed by atoms with van der Waals surface area (Å²) in [5.41, 5.74) is 1.49. The number of likely N-dealkylation sites (N-methyl/N-ethyl adjacent to an activating group) is 1. The molecule has 0 aromatic heterocycles. The molecule has 0 saturated carbocycles. The van der Waals surface area contributed by atoms with Crippen LogP contribution in [0.2, 0.25) is 0 Å². The SMILES string of the molecule is C=CC(=O)N(C)c1ccc(S(=O)(=O)c2cccc(C)c2)cc1.CC. The average Bonchev–Trinajstić information content (AvgIpc) is 2.62. The Hall–Kier alpha value is -2.40. The van der Waals surface area contributed by atoms with Crippen LogP contribution in [0.4, 0.5) is 5.69 Å². The second kappa shape index (κ2) is 8.45. The highest BCUT2D eigenvalue weighted by Gasteiger charge is 2.18. The zero-order valence-corrected chi connectivity index (χ0v) is 15.3. The van der Waals surface area contributed by atoms with Crippen LogP contribution >= 0.6 is 0 Å². The van der Waals surface area contributed by atoms with E-state index < -0.39 is 9.84 Å². The number of anilines is 1. The van der Waals surface area contributed by atoms with Crippen molar-refractivity contribution in [2.45, 2.75) is 30.6 Å². The first-order valence-electron chi connectivity index (χ1n) is 7.68. The molecule has 0 unspecified atom stereocenters. The van der Waals surface area contributed by atoms with E-state index in [0.29, 0.717) is 5.69 Å². The molecule has 0 bridgehead atoms. The van der Waals surface area contributed by atoms with Gasteiger partial charge in [0.1, 0.15) is 0 Å². The number of rotatable bonds is 4. The largest absolute Gasteiger partial charge is 0.312 e. The maximum atomic E-state index is 12.6. The molecule has 0 aliphatic heterocycles. The minimum Gasteiger partial charge on any atom is -0.312 e. The van der Waals surface area contributed by atoms with E-state index in [4.69, 9.17) is 0 Å². The molecule has 5 heteroatoms. The third-order valence-corrected chi connectivity index (χ3v) is 5.11. The molecular weight excluding hydrogens is 322 g/mol. The van der Waals surface area contributed by atoms with Crippen molar-refractivity contribution < 1.29 is 13.2 Å². The lowest BCUT2D eigenvalue weighted by molar-refractivity contribution is -0.113. The van der Waals surface area contributed by atoms with E-state index in [9.17, 15) is 13.2 Å². The Bertz CT molecular complexity index is 809. The number of nitrogens with zero attached hydrogens (tertiary/aromatic N) is 1. The van der Waals surface area contributed by atoms with Crippen molar-refractivity contribution in [2.75, 3.05) is 11.9 Å². The van der Waals surface area contributed by atoms with Gasteiger partial charge in [-0.15, -0.1) is 0 Å². The molecular formula is C19H23NO3S. The van der Waals surface area contributed by atoms with Gasteiger partial charge in [-0.3, -0.25) is 4.79 Å². The van der Waals surface area contributed by atoms with Gasteiger partial charge in [0.2, 0.25) is 15.7 Å². The maximum Gasteiger partial charge on any atom is 0.250 e. The summed E-state index contributed by atoms with van der Waals surface area (Å²) in [7, 11) is -1.95. The van der Waals surface area contributed by atoms with Crippen LogP contribution in [-0.4, -0.2) is 21.4 Å². The van der Waals surface area contributed by atoms with Crippen LogP contribution in [-0.2, 0) is 14.6 Å². The molecule has 0 fully saturated rings. The molecule has 0 saturated heterocycles. The lowest BCUT2D eigenvalue weighted by atomic mass is 10.2. The van der Waals surface area contributed by atoms with Crippen LogP contribution in [0, 0.1) is 6.92 Å². The number of carbonyl (C=O) groups is 1. The van der Waals surface area contributed by atoms with E-state index >= 15 is 0 Å². The van der Waals surface area contributed by atoms with Crippen LogP contribution in [0.15, 0.2) is 71.0 Å². The monoisotopic (exact) mass is 345 g/mol. The lowest BCUT2D eigenvalue weighted by Gasteiger charge is -2.15. The lowest BCUT2D eigenvalue weighted by Crippen LogP contribution is -2.23. The van der Waals surface area contributed by atoms with Gasteiger partial charge in [-0.05, 0) is 55.0 Å². The maximum absolute atomic E-state index is 12.6. The van der Waals surface area contributed by atoms with Crippen molar-refractivity contribution >= 4 is 21.4 Å². The Morgan fingerprint density at radius 1 is 1.04 bits per heavy atom. The zero-order chi connectivity index (χ0) is 18.3. The summed E-state index contributed by atoms with van der Waals surface area (Å²) in [5, 5.41) is 0. The van der Waals surface area contributed by atoms with Crippen molar-refractivity contribution in [1.82, 2.24) is 0 Å². The van der Waals surface area contributed by atoms with E-state index in [1.54, 1.807) is 37.4 Å². The smallest absolute Gasteiger partial charge is 0.250 e. The molecule has 0 aliphatic carbocycles. The van der Waals surface area contributed by atoms with Crippen LogP contribution in [0.3, 0.4) is 0 Å². The van der Waals surface area contributed by atoms with E-state index in [1.807, 2.05) is 26.8 Å². The molecule has 0 atom stereocenters. The normalized spacial score (nSPS) is 10.3. The summed E-state index contributed by atoms with van der Waals surface area (Å²) in [6, 6.07) is 13.0. The second-order valence-electron chi connectivity index (χ2n) is 4.92. The number of hydrogen-bond donors (Lipinski definition) is 0. The van der Waals surface area contributed by atoms with Crippen molar-refractivity contribution in [2.24, 2.45) is 0 Å². The van der Waals surface area contributed by atoms with Gasteiger partial charge < -0.3 is 4.90 Å². The van der Waals surface area contributed by atoms with Crippen molar-refractivity contribution in [3.63, 3.8) is 0 Å². The molecule has 0 aliphatic rings. The summed E-state index contributed by atoms with van der Waals surface area (Å²) in [4.78, 5) is 13.4. The number of sulfone groups is 1. The van der Waals surface area contributed by atoms with Gasteiger partial charge in [0.25, 0.3) is 0 Å². The molecule has 128 valence electrons. The fraction of sp³-hybridized carbons (Fsp3) is 0.211. The van der Waals surface area contributed by atoms with Crippen molar-refractivity contribution in [3.05, 3.63) is 66.7 Å². The molecule has 2 rings (SSSR count). The Morgan fingerprint density at radius 2 is 1.62 bits per heavy atom. The van der Waals surface area contributed by atoms with Crippen molar-refractivity contribution in [1.29, 1.82) is 0 Å². The van der Waals surface area contributed by atoms with Gasteiger partial charge >= 0.3 is 0 Å². The van der Waals surface area contributed by atoms with E-state index in [0.717, 1.165) is 5.56 Å². The molecule has 2 aromatic rings. The van der Waals surface area contributed by atoms with Gasteiger partial charge in [0, 0.05) is 12.7 Å². The zero-order valence-electron chi connectivity index (χ0n) is 14.5. The highest BCUT2D eigenvalue weighted by atomic mass is 32.2. The van der Waals surface area contributed by atoms with Gasteiger partial charge in [-0.2, -0.15) is 0 Å². The van der Waals surface area contributed by atoms with Gasteiger partial charge in [-0.1, -0.05) is 32.6 Å². The molecule has 0 N–H and O–H groups in total. The number of amides is 1. The Labute approximate surface area is 144 Å². The van der Waals surface area contributed by atoms with E-state index in [2.05, 4.69) is 6.58 Å². The minimum atomic E-state index is -3.55. The van der Waals surface area contributed by atoms with E-state index in [-0.39, 0.29) is 15.7 Å². The van der Waals surface area contributed by atoms with Crippen molar-refractivity contribution in [3.8, 4) is 0 Å². The number of benzene rings is 2. The number of aryl methyl sites for hydroxylation is 1. The van der Waals surface area contributed by atoms with Crippen LogP contribution in [0.5, 0.6) is 0 Å². The Kier molecular flexibility index (Phi) is 6.92. The molecule has 0 heterocycles. The number of carbonyl (C=O) groups excluding carboxylic acids is 1. The van der Waals surface area contributed by atoms with Crippen LogP contribution < -0.4 is 4.90 Å². The van der Waals surface area contributed by atoms with Gasteiger partial charge in [0.15, 0.2) is 0 Å². The van der Waals surface area contributed by atoms with Gasteiger partial charge in [-0.25, -0.2) is 8.42 Å². The minimum absolute atomic E-state index is 0.196. The molecule has 2 aromatic carbocycles. The summed E-state index contributed by atoms with van der Waals surface area (Å²) < 4.78 is 25.1. The predicted molar refractivity (Wildman–Crippen MR) is 98.0 cm³/mol. The summed E-state index contributed by atoms with van der Waals surface area (Å²) in [5.74, 6) is -0.255. The average molecular weight is 345 g/mol. The molecule has 0 spiro atoms. The first-order chi connectivity index (χ1) is 11.4. The third kappa shape index (κ3) is 4.32. The van der Waals surface area contributed by atoms with Crippen LogP contribution in [0.1, 0.15) is 19.4 Å². The fourth-order valence-electron chi connectivity index (χ4n) is 2.03. The summed E-state index contributed by atoms with van der Waals surface area (Å²) in [6.07, 6.45) is 1.21. The summed E-state index contributed by atoms with van der Waals surface area (Å²) in [6.45, 7) is 9.27. The standard InChI is InChI=1S/C17H17NO3S.C2H6/c1-4-17(19)18(3)14-8-10-15(11-9-14)22(20,21)16-7-5-6-13(2)12-16;1-2/h4-12H,1H2,2-3H3;1-2H3. The molecule has 0 radical (unpaired) electrons. The quantitative estimate of drug-likeness (QED) is 0.787. The highest BCUT2D eigenvalue weighted by molar-refractivity contribution is 7.91. The summed E-state index contributed by atoms with van der Waals surface area (Å²) >= 11 is 0. The molecule has 4 nitrogen and oxygen atoms in total. The van der Waals surface area contributed by atoms with Crippen LogP contribution in [0.25, 0.3) is 0 Å². The topological polar surface area (TPSA) is 54.5 Å². The first kappa shape index (κ1) is 19.6. The van der Waals surface area contributed by atoms with E-state index in [1.165, 1.54) is 23.1 Å². The fourth-order valence-corrected chi connectivity index (χ4v) is 3.40. The predicted octanol–water partition coefficient (Wildman–Crippen LogP) is 4.00.